The molecule has 2 rings (SSSR count). The zero-order valence-electron chi connectivity index (χ0n) is 16.4. The van der Waals surface area contributed by atoms with Crippen LogP contribution in [0.1, 0.15) is 32.3 Å². The van der Waals surface area contributed by atoms with Crippen LogP contribution in [-0.2, 0) is 16.1 Å². The number of hydrogen-bond acceptors (Lipinski definition) is 3. The summed E-state index contributed by atoms with van der Waals surface area (Å²) in [6.45, 7) is 4.85. The molecule has 0 aliphatic heterocycles. The van der Waals surface area contributed by atoms with Gasteiger partial charge in [0.2, 0.25) is 11.8 Å². The highest BCUT2D eigenvalue weighted by molar-refractivity contribution is 8.00. The second kappa shape index (κ2) is 11.8. The maximum Gasteiger partial charge on any atom is 0.242 e. The maximum atomic E-state index is 13.0. The average Bonchev–Trinajstić information content (AvgIpc) is 2.72. The minimum absolute atomic E-state index is 0.0676. The summed E-state index contributed by atoms with van der Waals surface area (Å²) >= 11 is 7.44. The highest BCUT2D eigenvalue weighted by atomic mass is 35.5. The highest BCUT2D eigenvalue weighted by Gasteiger charge is 2.25. The van der Waals surface area contributed by atoms with Crippen LogP contribution in [0.3, 0.4) is 0 Å². The van der Waals surface area contributed by atoms with Crippen LogP contribution in [0, 0.1) is 0 Å². The molecule has 28 heavy (non-hydrogen) atoms. The van der Waals surface area contributed by atoms with Gasteiger partial charge in [0.15, 0.2) is 0 Å². The largest absolute Gasteiger partial charge is 0.354 e. The fourth-order valence-corrected chi connectivity index (χ4v) is 3.58. The summed E-state index contributed by atoms with van der Waals surface area (Å²) in [5, 5.41) is 3.57. The normalized spacial score (nSPS) is 11.7. The second-order valence-corrected chi connectivity index (χ2v) is 8.06. The van der Waals surface area contributed by atoms with E-state index in [1.54, 1.807) is 24.0 Å². The number of amides is 2. The zero-order valence-corrected chi connectivity index (χ0v) is 17.9. The van der Waals surface area contributed by atoms with E-state index in [1.807, 2.05) is 42.5 Å². The molecule has 1 atom stereocenters. The van der Waals surface area contributed by atoms with E-state index in [0.717, 1.165) is 23.3 Å². The Kier molecular flexibility index (Phi) is 9.38. The van der Waals surface area contributed by atoms with Gasteiger partial charge in [-0.15, -0.1) is 11.8 Å². The standard InChI is InChI=1S/C22H27ClN2O2S/c1-3-4-14-24-22(27)17(2)25(15-18-10-12-19(23)13-11-18)21(26)16-28-20-8-6-5-7-9-20/h5-13,17H,3-4,14-16H2,1-2H3,(H,24,27)/t17-/m1/s1. The average molecular weight is 419 g/mol. The Balaban J connectivity index is 2.08. The molecule has 0 fully saturated rings. The Labute approximate surface area is 176 Å². The number of unbranched alkanes of at least 4 members (excludes halogenated alkanes) is 1. The lowest BCUT2D eigenvalue weighted by molar-refractivity contribution is -0.138. The molecule has 0 bridgehead atoms. The third-order valence-corrected chi connectivity index (χ3v) is 5.62. The molecule has 0 aromatic heterocycles. The second-order valence-electron chi connectivity index (χ2n) is 6.57. The first-order valence-electron chi connectivity index (χ1n) is 9.50. The first-order valence-corrected chi connectivity index (χ1v) is 10.9. The molecule has 2 amide bonds. The predicted octanol–water partition coefficient (Wildman–Crippen LogP) is 4.77. The molecular weight excluding hydrogens is 392 g/mol. The Morgan fingerprint density at radius 2 is 1.79 bits per heavy atom. The number of hydrogen-bond donors (Lipinski definition) is 1. The van der Waals surface area contributed by atoms with E-state index >= 15 is 0 Å². The summed E-state index contributed by atoms with van der Waals surface area (Å²) in [6.07, 6.45) is 1.93. The molecule has 0 saturated heterocycles. The summed E-state index contributed by atoms with van der Waals surface area (Å²) in [5.74, 6) is 0.0897. The lowest BCUT2D eigenvalue weighted by Crippen LogP contribution is -2.48. The van der Waals surface area contributed by atoms with Gasteiger partial charge in [-0.25, -0.2) is 0 Å². The van der Waals surface area contributed by atoms with Crippen molar-refractivity contribution >= 4 is 35.2 Å². The number of rotatable bonds is 10. The summed E-state index contributed by atoms with van der Waals surface area (Å²) in [4.78, 5) is 28.2. The molecule has 0 heterocycles. The fraction of sp³-hybridized carbons (Fsp3) is 0.364. The summed E-state index contributed by atoms with van der Waals surface area (Å²) in [6, 6.07) is 16.6. The molecule has 0 aliphatic carbocycles. The molecular formula is C22H27ClN2O2S. The molecule has 0 unspecified atom stereocenters. The van der Waals surface area contributed by atoms with E-state index in [0.29, 0.717) is 18.1 Å². The third kappa shape index (κ3) is 7.21. The number of carbonyl (C=O) groups excluding carboxylic acids is 2. The van der Waals surface area contributed by atoms with Gasteiger partial charge in [0.25, 0.3) is 0 Å². The van der Waals surface area contributed by atoms with Crippen molar-refractivity contribution in [3.63, 3.8) is 0 Å². The fourth-order valence-electron chi connectivity index (χ4n) is 2.65. The van der Waals surface area contributed by atoms with Crippen LogP contribution < -0.4 is 5.32 Å². The first kappa shape index (κ1) is 22.3. The molecule has 0 spiro atoms. The van der Waals surface area contributed by atoms with Crippen LogP contribution in [0.5, 0.6) is 0 Å². The van der Waals surface area contributed by atoms with E-state index in [1.165, 1.54) is 11.8 Å². The highest BCUT2D eigenvalue weighted by Crippen LogP contribution is 2.20. The first-order chi connectivity index (χ1) is 13.5. The number of nitrogens with zero attached hydrogens (tertiary/aromatic N) is 1. The van der Waals surface area contributed by atoms with E-state index < -0.39 is 6.04 Å². The van der Waals surface area contributed by atoms with Gasteiger partial charge >= 0.3 is 0 Å². The number of nitrogens with one attached hydrogen (secondary N) is 1. The zero-order chi connectivity index (χ0) is 20.4. The van der Waals surface area contributed by atoms with Gasteiger partial charge in [0.05, 0.1) is 5.75 Å². The molecule has 6 heteroatoms. The molecule has 4 nitrogen and oxygen atoms in total. The Hall–Kier alpha value is -1.98. The monoisotopic (exact) mass is 418 g/mol. The van der Waals surface area contributed by atoms with Gasteiger partial charge in [-0.1, -0.05) is 55.3 Å². The summed E-state index contributed by atoms with van der Waals surface area (Å²) in [5.41, 5.74) is 0.940. The van der Waals surface area contributed by atoms with Gasteiger partial charge in [-0.2, -0.15) is 0 Å². The van der Waals surface area contributed by atoms with Crippen LogP contribution in [-0.4, -0.2) is 35.1 Å². The maximum absolute atomic E-state index is 13.0. The Bertz CT molecular complexity index is 753. The molecule has 0 aliphatic rings. The van der Waals surface area contributed by atoms with Gasteiger partial charge in [0, 0.05) is 23.0 Å². The van der Waals surface area contributed by atoms with Crippen molar-refractivity contribution in [2.45, 2.75) is 44.2 Å². The van der Waals surface area contributed by atoms with E-state index in [2.05, 4.69) is 12.2 Å². The molecule has 2 aromatic carbocycles. The lowest BCUT2D eigenvalue weighted by Gasteiger charge is -2.28. The van der Waals surface area contributed by atoms with E-state index in [-0.39, 0.29) is 17.6 Å². The van der Waals surface area contributed by atoms with Crippen molar-refractivity contribution in [1.29, 1.82) is 0 Å². The van der Waals surface area contributed by atoms with E-state index in [9.17, 15) is 9.59 Å². The molecule has 0 radical (unpaired) electrons. The minimum atomic E-state index is -0.545. The van der Waals surface area contributed by atoms with Crippen molar-refractivity contribution in [3.05, 3.63) is 65.2 Å². The lowest BCUT2D eigenvalue weighted by atomic mass is 10.1. The predicted molar refractivity (Wildman–Crippen MR) is 117 cm³/mol. The molecule has 1 N–H and O–H groups in total. The van der Waals surface area contributed by atoms with Crippen molar-refractivity contribution < 1.29 is 9.59 Å². The topological polar surface area (TPSA) is 49.4 Å². The van der Waals surface area contributed by atoms with Gasteiger partial charge < -0.3 is 10.2 Å². The number of carbonyl (C=O) groups is 2. The summed E-state index contributed by atoms with van der Waals surface area (Å²) in [7, 11) is 0. The SMILES string of the molecule is CCCCNC(=O)[C@@H](C)N(Cc1ccc(Cl)cc1)C(=O)CSc1ccccc1. The van der Waals surface area contributed by atoms with Crippen LogP contribution in [0.15, 0.2) is 59.5 Å². The van der Waals surface area contributed by atoms with Crippen LogP contribution >= 0.6 is 23.4 Å². The molecule has 2 aromatic rings. The molecule has 150 valence electrons. The van der Waals surface area contributed by atoms with Crippen molar-refractivity contribution in [2.75, 3.05) is 12.3 Å². The molecule has 0 saturated carbocycles. The summed E-state index contributed by atoms with van der Waals surface area (Å²) < 4.78 is 0. The van der Waals surface area contributed by atoms with Crippen LogP contribution in [0.25, 0.3) is 0 Å². The Morgan fingerprint density at radius 3 is 2.43 bits per heavy atom. The third-order valence-electron chi connectivity index (χ3n) is 4.37. The van der Waals surface area contributed by atoms with Crippen LogP contribution in [0.4, 0.5) is 0 Å². The van der Waals surface area contributed by atoms with Crippen molar-refractivity contribution in [1.82, 2.24) is 10.2 Å². The van der Waals surface area contributed by atoms with Crippen molar-refractivity contribution in [3.8, 4) is 0 Å². The van der Waals surface area contributed by atoms with Gasteiger partial charge in [-0.3, -0.25) is 9.59 Å². The van der Waals surface area contributed by atoms with Gasteiger partial charge in [-0.05, 0) is 43.2 Å². The Morgan fingerprint density at radius 1 is 1.11 bits per heavy atom. The van der Waals surface area contributed by atoms with Gasteiger partial charge in [0.1, 0.15) is 6.04 Å². The van der Waals surface area contributed by atoms with E-state index in [4.69, 9.17) is 11.6 Å². The number of benzene rings is 2. The van der Waals surface area contributed by atoms with Crippen LogP contribution in [0.2, 0.25) is 5.02 Å². The minimum Gasteiger partial charge on any atom is -0.354 e. The quantitative estimate of drug-likeness (QED) is 0.446. The smallest absolute Gasteiger partial charge is 0.242 e. The number of halogens is 1. The van der Waals surface area contributed by atoms with Crippen molar-refractivity contribution in [2.24, 2.45) is 0 Å². The number of thioether (sulfide) groups is 1.